The summed E-state index contributed by atoms with van der Waals surface area (Å²) in [4.78, 5) is -2.39. The first-order valence-corrected chi connectivity index (χ1v) is 19.7. The zero-order valence-corrected chi connectivity index (χ0v) is 41.5. The van der Waals surface area contributed by atoms with Gasteiger partial charge in [0.25, 0.3) is 0 Å². The van der Waals surface area contributed by atoms with Crippen molar-refractivity contribution >= 4 is 110 Å². The van der Waals surface area contributed by atoms with Crippen molar-refractivity contribution in [2.24, 2.45) is 0 Å². The predicted molar refractivity (Wildman–Crippen MR) is 186 cm³/mol. The van der Waals surface area contributed by atoms with Crippen molar-refractivity contribution in [3.8, 4) is 0 Å². The molecule has 0 aliphatic heterocycles. The molecule has 0 heterocycles. The third-order valence-corrected chi connectivity index (χ3v) is 10.2. The van der Waals surface area contributed by atoms with E-state index in [1.165, 1.54) is 48.5 Å². The average molecular weight is 889 g/mol. The first-order valence-electron chi connectivity index (χ1n) is 13.3. The van der Waals surface area contributed by atoms with Crippen molar-refractivity contribution in [1.82, 2.24) is 0 Å². The van der Waals surface area contributed by atoms with Gasteiger partial charge >= 0.3 is 118 Å². The largest absolute Gasteiger partial charge is 1.00 e. The van der Waals surface area contributed by atoms with E-state index in [1.807, 2.05) is 0 Å². The number of benzene rings is 4. The molecular formula is C28H20N4Na4O12S6. The Morgan fingerprint density at radius 3 is 0.944 bits per heavy atom. The van der Waals surface area contributed by atoms with Crippen LogP contribution in [0.5, 0.6) is 0 Å². The molecule has 0 amide bonds. The van der Waals surface area contributed by atoms with E-state index < -0.39 is 60.1 Å². The molecule has 4 aromatic rings. The zero-order valence-electron chi connectivity index (χ0n) is 28.6. The number of thiocarbonyl (C=S) groups is 2. The molecule has 4 aromatic carbocycles. The van der Waals surface area contributed by atoms with Gasteiger partial charge < -0.3 is 39.5 Å². The van der Waals surface area contributed by atoms with Gasteiger partial charge in [-0.05, 0) is 108 Å². The second kappa shape index (κ2) is 22.1. The summed E-state index contributed by atoms with van der Waals surface area (Å²) in [5, 5.41) is 10.5. The Balaban J connectivity index is 0.00000702. The SMILES string of the molecule is O=S(=O)([O-])c1ccc(NC(=S)Nc2ccc(/C=C/c3ccc(NC(=S)Nc4ccc(S(=O)(=O)[O-])cc4)cc3S(=O)(=O)[O-])c(S(=O)(=O)[O-])c2)cc1.[Na+].[Na+].[Na+].[Na+]. The van der Waals surface area contributed by atoms with Crippen LogP contribution in [0.1, 0.15) is 11.1 Å². The van der Waals surface area contributed by atoms with E-state index in [-0.39, 0.29) is 162 Å². The maximum Gasteiger partial charge on any atom is 1.00 e. The van der Waals surface area contributed by atoms with Crippen molar-refractivity contribution < 1.29 is 170 Å². The molecule has 16 nitrogen and oxygen atoms in total. The summed E-state index contributed by atoms with van der Waals surface area (Å²) in [7, 11) is -19.6. The third kappa shape index (κ3) is 16.1. The number of anilines is 4. The molecule has 0 aliphatic rings. The van der Waals surface area contributed by atoms with Crippen molar-refractivity contribution in [1.29, 1.82) is 0 Å². The molecular weight excluding hydrogens is 869 g/mol. The minimum absolute atomic E-state index is 0. The number of nitrogens with one attached hydrogen (secondary N) is 4. The topological polar surface area (TPSA) is 277 Å². The Labute approximate surface area is 410 Å². The third-order valence-electron chi connectivity index (χ3n) is 6.33. The van der Waals surface area contributed by atoms with Gasteiger partial charge in [0, 0.05) is 22.7 Å². The summed E-state index contributed by atoms with van der Waals surface area (Å²) in [6, 6.07) is 16.3. The fraction of sp³-hybridized carbons (Fsp3) is 0. The van der Waals surface area contributed by atoms with Gasteiger partial charge in [-0.3, -0.25) is 0 Å². The molecule has 4 rings (SSSR count). The van der Waals surface area contributed by atoms with E-state index in [0.717, 1.165) is 48.6 Å². The molecule has 26 heteroatoms. The van der Waals surface area contributed by atoms with Crippen LogP contribution in [0.25, 0.3) is 12.2 Å². The molecule has 0 fully saturated rings. The van der Waals surface area contributed by atoms with Gasteiger partial charge in [0.15, 0.2) is 10.2 Å². The normalized spacial score (nSPS) is 11.4. The monoisotopic (exact) mass is 888 g/mol. The molecule has 0 atom stereocenters. The molecule has 0 bridgehead atoms. The standard InChI is InChI=1S/C28H24N4O12S6.4Na/c33-47(34,35)23-11-7-19(8-12-23)29-27(45)31-21-5-3-17(25(15-21)49(39,40)41)1-2-18-4-6-22(16-26(18)50(42,43)44)32-28(46)30-20-9-13-24(14-10-20)48(36,37)38;;;;/h1-16H,(H2,29,31,45)(H2,30,32,46)(H,33,34,35)(H,36,37,38)(H,39,40,41)(H,42,43,44);;;;/q;4*+1/p-4/b2-1+;;;;. The molecule has 264 valence electrons. The molecule has 0 aliphatic carbocycles. The van der Waals surface area contributed by atoms with Gasteiger partial charge in [-0.1, -0.05) is 24.3 Å². The van der Waals surface area contributed by atoms with Gasteiger partial charge in [-0.2, -0.15) is 0 Å². The van der Waals surface area contributed by atoms with E-state index in [0.29, 0.717) is 0 Å². The number of hydrogen-bond acceptors (Lipinski definition) is 14. The van der Waals surface area contributed by atoms with Crippen LogP contribution >= 0.6 is 24.4 Å². The van der Waals surface area contributed by atoms with Crippen LogP contribution in [0.2, 0.25) is 0 Å². The molecule has 54 heavy (non-hydrogen) atoms. The van der Waals surface area contributed by atoms with Crippen LogP contribution in [0, 0.1) is 0 Å². The summed E-state index contributed by atoms with van der Waals surface area (Å²) < 4.78 is 139. The maximum absolute atomic E-state index is 12.1. The van der Waals surface area contributed by atoms with E-state index in [9.17, 15) is 51.9 Å². The van der Waals surface area contributed by atoms with Gasteiger partial charge in [0.05, 0.1) is 19.6 Å². The zero-order chi connectivity index (χ0) is 37.1. The Morgan fingerprint density at radius 2 is 0.685 bits per heavy atom. The molecule has 0 spiro atoms. The second-order valence-electron chi connectivity index (χ2n) is 9.86. The Morgan fingerprint density at radius 1 is 0.426 bits per heavy atom. The summed E-state index contributed by atoms with van der Waals surface area (Å²) >= 11 is 10.3. The molecule has 0 radical (unpaired) electrons. The first kappa shape index (κ1) is 53.6. The molecule has 4 N–H and O–H groups in total. The smallest absolute Gasteiger partial charge is 0.744 e. The summed E-state index contributed by atoms with van der Waals surface area (Å²) in [5.74, 6) is 0. The van der Waals surface area contributed by atoms with Crippen LogP contribution in [-0.2, 0) is 40.5 Å². The van der Waals surface area contributed by atoms with Crippen molar-refractivity contribution in [2.45, 2.75) is 19.6 Å². The quantitative estimate of drug-likeness (QED) is 0.0498. The summed E-state index contributed by atoms with van der Waals surface area (Å²) in [6.07, 6.45) is 2.21. The van der Waals surface area contributed by atoms with Crippen LogP contribution < -0.4 is 139 Å². The minimum Gasteiger partial charge on any atom is -0.744 e. The number of hydrogen-bond donors (Lipinski definition) is 4. The second-order valence-corrected chi connectivity index (χ2v) is 16.1. The van der Waals surface area contributed by atoms with E-state index in [1.54, 1.807) is 0 Å². The maximum atomic E-state index is 12.1. The average Bonchev–Trinajstić information content (AvgIpc) is 2.99. The van der Waals surface area contributed by atoms with Crippen LogP contribution in [0.3, 0.4) is 0 Å². The summed E-state index contributed by atoms with van der Waals surface area (Å²) in [5.41, 5.74) is 0.304. The van der Waals surface area contributed by atoms with Crippen LogP contribution in [0.15, 0.2) is 105 Å². The van der Waals surface area contributed by atoms with Crippen molar-refractivity contribution in [3.63, 3.8) is 0 Å². The van der Waals surface area contributed by atoms with E-state index >= 15 is 0 Å². The van der Waals surface area contributed by atoms with Gasteiger partial charge in [-0.15, -0.1) is 0 Å². The van der Waals surface area contributed by atoms with E-state index in [4.69, 9.17) is 24.4 Å². The van der Waals surface area contributed by atoms with Gasteiger partial charge in [0.2, 0.25) is 0 Å². The molecule has 0 saturated carbocycles. The number of rotatable bonds is 10. The van der Waals surface area contributed by atoms with Crippen LogP contribution in [0.4, 0.5) is 22.7 Å². The Bertz CT molecular complexity index is 2300. The predicted octanol–water partition coefficient (Wildman–Crippen LogP) is -8.89. The fourth-order valence-electron chi connectivity index (χ4n) is 4.11. The van der Waals surface area contributed by atoms with Gasteiger partial charge in [0.1, 0.15) is 40.5 Å². The first-order chi connectivity index (χ1) is 23.1. The van der Waals surface area contributed by atoms with Crippen molar-refractivity contribution in [2.75, 3.05) is 21.3 Å². The van der Waals surface area contributed by atoms with Crippen molar-refractivity contribution in [3.05, 3.63) is 96.1 Å². The Hall–Kier alpha value is -0.360. The van der Waals surface area contributed by atoms with Crippen LogP contribution in [-0.4, -0.2) is 62.1 Å². The fourth-order valence-corrected chi connectivity index (χ4v) is 6.91. The summed E-state index contributed by atoms with van der Waals surface area (Å²) in [6.45, 7) is 0. The Kier molecular flexibility index (Phi) is 22.0. The van der Waals surface area contributed by atoms with Gasteiger partial charge in [-0.25, -0.2) is 33.7 Å². The molecule has 0 unspecified atom stereocenters. The molecule has 0 saturated heterocycles. The van der Waals surface area contributed by atoms with E-state index in [2.05, 4.69) is 21.3 Å². The molecule has 0 aromatic heterocycles. The minimum atomic E-state index is -5.12.